The lowest BCUT2D eigenvalue weighted by molar-refractivity contribution is -0.148. The Hall–Kier alpha value is -1.10. The van der Waals surface area contributed by atoms with Gasteiger partial charge in [0.2, 0.25) is 5.91 Å². The van der Waals surface area contributed by atoms with Crippen molar-refractivity contribution in [3.8, 4) is 0 Å². The molecule has 2 saturated heterocycles. The van der Waals surface area contributed by atoms with E-state index in [9.17, 15) is 9.59 Å². The van der Waals surface area contributed by atoms with E-state index in [2.05, 4.69) is 0 Å². The molecular formula is C12H19NO4. The highest BCUT2D eigenvalue weighted by Crippen LogP contribution is 2.31. The first-order valence-electron chi connectivity index (χ1n) is 6.13. The van der Waals surface area contributed by atoms with E-state index in [4.69, 9.17) is 9.84 Å². The van der Waals surface area contributed by atoms with Crippen LogP contribution in [0.4, 0.5) is 0 Å². The Morgan fingerprint density at radius 3 is 2.76 bits per heavy atom. The first-order valence-corrected chi connectivity index (χ1v) is 6.13. The maximum atomic E-state index is 12.2. The standard InChI is InChI=1S/C12H19NO4/c1-12(11(15)16)4-5-13(8-12)10(14)9-3-2-6-17-7-9/h9H,2-8H2,1H3,(H,15,16)/t9-,12-/m0/s1. The molecule has 5 nitrogen and oxygen atoms in total. The normalized spacial score (nSPS) is 33.7. The number of rotatable bonds is 2. The van der Waals surface area contributed by atoms with Gasteiger partial charge in [0, 0.05) is 19.7 Å². The highest BCUT2D eigenvalue weighted by Gasteiger charge is 2.43. The van der Waals surface area contributed by atoms with Crippen LogP contribution in [0, 0.1) is 11.3 Å². The fraction of sp³-hybridized carbons (Fsp3) is 0.833. The highest BCUT2D eigenvalue weighted by atomic mass is 16.5. The number of amides is 1. The topological polar surface area (TPSA) is 66.8 Å². The van der Waals surface area contributed by atoms with E-state index in [1.807, 2.05) is 0 Å². The van der Waals surface area contributed by atoms with Crippen molar-refractivity contribution < 1.29 is 19.4 Å². The molecule has 0 bridgehead atoms. The summed E-state index contributed by atoms with van der Waals surface area (Å²) in [5.41, 5.74) is -0.773. The summed E-state index contributed by atoms with van der Waals surface area (Å²) in [6.07, 6.45) is 2.32. The molecule has 17 heavy (non-hydrogen) atoms. The van der Waals surface area contributed by atoms with Crippen LogP contribution in [0.2, 0.25) is 0 Å². The van der Waals surface area contributed by atoms with Crippen LogP contribution in [-0.4, -0.2) is 48.2 Å². The summed E-state index contributed by atoms with van der Waals surface area (Å²) in [6, 6.07) is 0. The average Bonchev–Trinajstić information content (AvgIpc) is 2.74. The first kappa shape index (κ1) is 12.4. The number of carbonyl (C=O) groups is 2. The van der Waals surface area contributed by atoms with Gasteiger partial charge < -0.3 is 14.7 Å². The maximum Gasteiger partial charge on any atom is 0.311 e. The van der Waals surface area contributed by atoms with Crippen molar-refractivity contribution in [3.05, 3.63) is 0 Å². The number of carboxylic acid groups (broad SMARTS) is 1. The second-order valence-electron chi connectivity index (χ2n) is 5.29. The molecule has 0 aromatic carbocycles. The molecule has 2 heterocycles. The smallest absolute Gasteiger partial charge is 0.311 e. The van der Waals surface area contributed by atoms with Gasteiger partial charge in [-0.3, -0.25) is 9.59 Å². The van der Waals surface area contributed by atoms with Gasteiger partial charge in [0.1, 0.15) is 0 Å². The zero-order valence-corrected chi connectivity index (χ0v) is 10.1. The largest absolute Gasteiger partial charge is 0.481 e. The van der Waals surface area contributed by atoms with Gasteiger partial charge in [-0.2, -0.15) is 0 Å². The highest BCUT2D eigenvalue weighted by molar-refractivity contribution is 5.82. The molecule has 0 aromatic heterocycles. The summed E-state index contributed by atoms with van der Waals surface area (Å²) in [4.78, 5) is 25.0. The Bertz CT molecular complexity index is 324. The predicted molar refractivity (Wildman–Crippen MR) is 60.5 cm³/mol. The number of likely N-dealkylation sites (tertiary alicyclic amines) is 1. The van der Waals surface area contributed by atoms with Gasteiger partial charge in [-0.15, -0.1) is 0 Å². The molecule has 0 radical (unpaired) electrons. The molecule has 2 fully saturated rings. The van der Waals surface area contributed by atoms with Gasteiger partial charge in [0.15, 0.2) is 0 Å². The maximum absolute atomic E-state index is 12.2. The third-order valence-electron chi connectivity index (χ3n) is 3.81. The van der Waals surface area contributed by atoms with Crippen molar-refractivity contribution in [2.75, 3.05) is 26.3 Å². The lowest BCUT2D eigenvalue weighted by atomic mass is 9.90. The van der Waals surface area contributed by atoms with Gasteiger partial charge in [-0.25, -0.2) is 0 Å². The van der Waals surface area contributed by atoms with E-state index in [-0.39, 0.29) is 11.8 Å². The van der Waals surface area contributed by atoms with E-state index < -0.39 is 11.4 Å². The number of ether oxygens (including phenoxy) is 1. The van der Waals surface area contributed by atoms with Gasteiger partial charge in [-0.1, -0.05) is 0 Å². The molecule has 2 rings (SSSR count). The molecule has 0 aliphatic carbocycles. The monoisotopic (exact) mass is 241 g/mol. The van der Waals surface area contributed by atoms with E-state index >= 15 is 0 Å². The minimum Gasteiger partial charge on any atom is -0.481 e. The van der Waals surface area contributed by atoms with Crippen molar-refractivity contribution in [1.29, 1.82) is 0 Å². The third kappa shape index (κ3) is 2.44. The first-order chi connectivity index (χ1) is 8.03. The van der Waals surface area contributed by atoms with Crippen LogP contribution < -0.4 is 0 Å². The van der Waals surface area contributed by atoms with Crippen LogP contribution in [0.15, 0.2) is 0 Å². The molecule has 0 saturated carbocycles. The zero-order chi connectivity index (χ0) is 12.5. The predicted octanol–water partition coefficient (Wildman–Crippen LogP) is 0.736. The molecule has 0 spiro atoms. The molecule has 1 N–H and O–H groups in total. The van der Waals surface area contributed by atoms with Crippen molar-refractivity contribution in [1.82, 2.24) is 4.90 Å². The van der Waals surface area contributed by atoms with E-state index in [0.717, 1.165) is 19.4 Å². The van der Waals surface area contributed by atoms with Crippen LogP contribution in [0.5, 0.6) is 0 Å². The van der Waals surface area contributed by atoms with Gasteiger partial charge in [0.05, 0.1) is 17.9 Å². The van der Waals surface area contributed by atoms with E-state index in [1.54, 1.807) is 11.8 Å². The molecule has 5 heteroatoms. The number of carbonyl (C=O) groups excluding carboxylic acids is 1. The Balaban J connectivity index is 1.95. The van der Waals surface area contributed by atoms with Gasteiger partial charge >= 0.3 is 5.97 Å². The average molecular weight is 241 g/mol. The molecule has 2 aliphatic rings. The van der Waals surface area contributed by atoms with Crippen molar-refractivity contribution in [2.24, 2.45) is 11.3 Å². The molecule has 96 valence electrons. The molecule has 1 amide bonds. The summed E-state index contributed by atoms with van der Waals surface area (Å²) >= 11 is 0. The molecule has 0 aromatic rings. The number of nitrogens with zero attached hydrogens (tertiary/aromatic N) is 1. The van der Waals surface area contributed by atoms with Gasteiger partial charge in [-0.05, 0) is 26.2 Å². The lowest BCUT2D eigenvalue weighted by Crippen LogP contribution is -2.40. The number of carboxylic acids is 1. The van der Waals surface area contributed by atoms with E-state index in [1.165, 1.54) is 0 Å². The minimum absolute atomic E-state index is 0.0645. The van der Waals surface area contributed by atoms with E-state index in [0.29, 0.717) is 26.1 Å². The second-order valence-corrected chi connectivity index (χ2v) is 5.29. The Kier molecular flexibility index (Phi) is 3.38. The number of aliphatic carboxylic acids is 1. The fourth-order valence-electron chi connectivity index (χ4n) is 2.52. The fourth-order valence-corrected chi connectivity index (χ4v) is 2.52. The van der Waals surface area contributed by atoms with Crippen LogP contribution in [-0.2, 0) is 14.3 Å². The Morgan fingerprint density at radius 2 is 2.24 bits per heavy atom. The zero-order valence-electron chi connectivity index (χ0n) is 10.1. The summed E-state index contributed by atoms with van der Waals surface area (Å²) in [6.45, 7) is 3.81. The lowest BCUT2D eigenvalue weighted by Gasteiger charge is -2.27. The summed E-state index contributed by atoms with van der Waals surface area (Å²) < 4.78 is 5.30. The molecule has 2 aliphatic heterocycles. The summed E-state index contributed by atoms with van der Waals surface area (Å²) in [7, 11) is 0. The minimum atomic E-state index is -0.812. The number of hydrogen-bond donors (Lipinski definition) is 1. The SMILES string of the molecule is C[C@]1(C(=O)O)CCN(C(=O)[C@H]2CCCOC2)C1. The third-order valence-corrected chi connectivity index (χ3v) is 3.81. The second kappa shape index (κ2) is 4.64. The van der Waals surface area contributed by atoms with Crippen LogP contribution in [0.1, 0.15) is 26.2 Å². The van der Waals surface area contributed by atoms with Crippen LogP contribution in [0.3, 0.4) is 0 Å². The van der Waals surface area contributed by atoms with Crippen molar-refractivity contribution in [3.63, 3.8) is 0 Å². The Morgan fingerprint density at radius 1 is 1.47 bits per heavy atom. The molecule has 0 unspecified atom stereocenters. The van der Waals surface area contributed by atoms with Gasteiger partial charge in [0.25, 0.3) is 0 Å². The van der Waals surface area contributed by atoms with Crippen LogP contribution >= 0.6 is 0 Å². The van der Waals surface area contributed by atoms with Crippen LogP contribution in [0.25, 0.3) is 0 Å². The molecular weight excluding hydrogens is 222 g/mol. The summed E-state index contributed by atoms with van der Waals surface area (Å²) in [5, 5.41) is 9.12. The summed E-state index contributed by atoms with van der Waals surface area (Å²) in [5.74, 6) is -0.817. The van der Waals surface area contributed by atoms with Crippen molar-refractivity contribution >= 4 is 11.9 Å². The van der Waals surface area contributed by atoms with Crippen molar-refractivity contribution in [2.45, 2.75) is 26.2 Å². The number of hydrogen-bond acceptors (Lipinski definition) is 3. The molecule has 2 atom stereocenters. The quantitative estimate of drug-likeness (QED) is 0.774. The Labute approximate surface area is 101 Å².